The number of anilines is 1. The van der Waals surface area contributed by atoms with E-state index in [1.807, 2.05) is 55.5 Å². The van der Waals surface area contributed by atoms with E-state index in [0.29, 0.717) is 23.2 Å². The van der Waals surface area contributed by atoms with Crippen molar-refractivity contribution in [3.8, 4) is 11.5 Å². The third-order valence-electron chi connectivity index (χ3n) is 4.82. The standard InChI is InChI=1S/C21H21N3O2/c1-15-19(26-20(23-15)16-9-3-2-4-10-16)21(25)24(17-11-5-6-12-17)18-13-7-8-14-22-18/h2-4,7-10,13-14,17H,5-6,11-12H2,1H3. The number of aryl methyl sites for hydroxylation is 1. The number of rotatable bonds is 4. The Labute approximate surface area is 152 Å². The summed E-state index contributed by atoms with van der Waals surface area (Å²) < 4.78 is 5.89. The number of amides is 1. The highest BCUT2D eigenvalue weighted by Gasteiger charge is 2.32. The lowest BCUT2D eigenvalue weighted by atomic mass is 10.2. The summed E-state index contributed by atoms with van der Waals surface area (Å²) >= 11 is 0. The van der Waals surface area contributed by atoms with Crippen LogP contribution in [-0.2, 0) is 0 Å². The van der Waals surface area contributed by atoms with Gasteiger partial charge in [0.05, 0.1) is 5.69 Å². The van der Waals surface area contributed by atoms with Gasteiger partial charge in [-0.05, 0) is 44.0 Å². The molecular formula is C21H21N3O2. The van der Waals surface area contributed by atoms with E-state index < -0.39 is 0 Å². The molecule has 1 amide bonds. The van der Waals surface area contributed by atoms with E-state index in [1.165, 1.54) is 0 Å². The molecule has 0 spiro atoms. The SMILES string of the molecule is Cc1nc(-c2ccccc2)oc1C(=O)N(c1ccccn1)C1CCCC1. The topological polar surface area (TPSA) is 59.2 Å². The molecule has 5 nitrogen and oxygen atoms in total. The molecule has 1 fully saturated rings. The van der Waals surface area contributed by atoms with Gasteiger partial charge in [0.25, 0.3) is 5.91 Å². The summed E-state index contributed by atoms with van der Waals surface area (Å²) in [6, 6.07) is 15.4. The van der Waals surface area contributed by atoms with Gasteiger partial charge in [-0.2, -0.15) is 0 Å². The molecule has 0 atom stereocenters. The van der Waals surface area contributed by atoms with Crippen molar-refractivity contribution in [2.24, 2.45) is 0 Å². The Morgan fingerprint density at radius 3 is 2.50 bits per heavy atom. The molecule has 2 heterocycles. The minimum atomic E-state index is -0.164. The van der Waals surface area contributed by atoms with Crippen molar-refractivity contribution in [2.75, 3.05) is 4.90 Å². The summed E-state index contributed by atoms with van der Waals surface area (Å²) in [5, 5.41) is 0. The fourth-order valence-corrected chi connectivity index (χ4v) is 3.52. The third-order valence-corrected chi connectivity index (χ3v) is 4.82. The second-order valence-corrected chi connectivity index (χ2v) is 6.60. The maximum absolute atomic E-state index is 13.3. The quantitative estimate of drug-likeness (QED) is 0.690. The van der Waals surface area contributed by atoms with Gasteiger partial charge in [-0.1, -0.05) is 37.1 Å². The number of nitrogens with zero attached hydrogens (tertiary/aromatic N) is 3. The van der Waals surface area contributed by atoms with Crippen LogP contribution in [0.15, 0.2) is 59.1 Å². The van der Waals surface area contributed by atoms with Crippen LogP contribution in [0, 0.1) is 6.92 Å². The van der Waals surface area contributed by atoms with Gasteiger partial charge in [-0.3, -0.25) is 9.69 Å². The maximum Gasteiger partial charge on any atom is 0.297 e. The second-order valence-electron chi connectivity index (χ2n) is 6.60. The average Bonchev–Trinajstić information content (AvgIpc) is 3.33. The first kappa shape index (κ1) is 16.5. The molecule has 0 N–H and O–H groups in total. The van der Waals surface area contributed by atoms with Gasteiger partial charge in [0.1, 0.15) is 5.82 Å². The number of pyridine rings is 1. The van der Waals surface area contributed by atoms with Crippen LogP contribution in [0.5, 0.6) is 0 Å². The number of carbonyl (C=O) groups excluding carboxylic acids is 1. The average molecular weight is 347 g/mol. The van der Waals surface area contributed by atoms with Crippen LogP contribution in [0.2, 0.25) is 0 Å². The zero-order valence-electron chi connectivity index (χ0n) is 14.8. The number of carbonyl (C=O) groups is 1. The van der Waals surface area contributed by atoms with Gasteiger partial charge in [-0.15, -0.1) is 0 Å². The van der Waals surface area contributed by atoms with E-state index in [0.717, 1.165) is 31.2 Å². The number of hydrogen-bond acceptors (Lipinski definition) is 4. The fourth-order valence-electron chi connectivity index (χ4n) is 3.52. The van der Waals surface area contributed by atoms with E-state index >= 15 is 0 Å². The molecule has 1 aliphatic rings. The fraction of sp³-hybridized carbons (Fsp3) is 0.286. The summed E-state index contributed by atoms with van der Waals surface area (Å²) in [7, 11) is 0. The predicted octanol–water partition coefficient (Wildman–Crippen LogP) is 4.63. The van der Waals surface area contributed by atoms with E-state index in [2.05, 4.69) is 9.97 Å². The van der Waals surface area contributed by atoms with E-state index in [-0.39, 0.29) is 11.9 Å². The second kappa shape index (κ2) is 7.12. The van der Waals surface area contributed by atoms with Crippen molar-refractivity contribution < 1.29 is 9.21 Å². The number of aromatic nitrogens is 2. The number of benzene rings is 1. The maximum atomic E-state index is 13.3. The summed E-state index contributed by atoms with van der Waals surface area (Å²) in [5.41, 5.74) is 1.47. The van der Waals surface area contributed by atoms with Gasteiger partial charge < -0.3 is 4.42 Å². The van der Waals surface area contributed by atoms with Gasteiger partial charge in [0.15, 0.2) is 0 Å². The Morgan fingerprint density at radius 1 is 1.08 bits per heavy atom. The molecule has 26 heavy (non-hydrogen) atoms. The van der Waals surface area contributed by atoms with Crippen LogP contribution in [0.4, 0.5) is 5.82 Å². The Hall–Kier alpha value is -2.95. The molecule has 0 unspecified atom stereocenters. The number of oxazole rings is 1. The lowest BCUT2D eigenvalue weighted by Crippen LogP contribution is -2.39. The lowest BCUT2D eigenvalue weighted by Gasteiger charge is -2.27. The highest BCUT2D eigenvalue weighted by Crippen LogP contribution is 2.30. The van der Waals surface area contributed by atoms with Crippen LogP contribution < -0.4 is 4.90 Å². The van der Waals surface area contributed by atoms with Crippen molar-refractivity contribution >= 4 is 11.7 Å². The van der Waals surface area contributed by atoms with Crippen molar-refractivity contribution in [3.63, 3.8) is 0 Å². The highest BCUT2D eigenvalue weighted by molar-refractivity contribution is 6.05. The first-order chi connectivity index (χ1) is 12.7. The molecule has 132 valence electrons. The molecule has 0 saturated heterocycles. The first-order valence-corrected chi connectivity index (χ1v) is 9.01. The van der Waals surface area contributed by atoms with E-state index in [1.54, 1.807) is 11.1 Å². The van der Waals surface area contributed by atoms with E-state index in [4.69, 9.17) is 4.42 Å². The zero-order chi connectivity index (χ0) is 17.9. The Bertz CT molecular complexity index is 884. The van der Waals surface area contributed by atoms with Gasteiger partial charge in [-0.25, -0.2) is 9.97 Å². The highest BCUT2D eigenvalue weighted by atomic mass is 16.4. The van der Waals surface area contributed by atoms with Crippen LogP contribution in [0.25, 0.3) is 11.5 Å². The third kappa shape index (κ3) is 3.12. The smallest absolute Gasteiger partial charge is 0.297 e. The van der Waals surface area contributed by atoms with E-state index in [9.17, 15) is 4.79 Å². The van der Waals surface area contributed by atoms with Gasteiger partial charge in [0, 0.05) is 17.8 Å². The molecular weight excluding hydrogens is 326 g/mol. The van der Waals surface area contributed by atoms with Crippen LogP contribution >= 0.6 is 0 Å². The summed E-state index contributed by atoms with van der Waals surface area (Å²) in [4.78, 5) is 24.0. The molecule has 2 aromatic heterocycles. The lowest BCUT2D eigenvalue weighted by molar-refractivity contribution is 0.0949. The van der Waals surface area contributed by atoms with Gasteiger partial charge >= 0.3 is 0 Å². The van der Waals surface area contributed by atoms with Crippen LogP contribution in [0.3, 0.4) is 0 Å². The zero-order valence-corrected chi connectivity index (χ0v) is 14.8. The molecule has 1 saturated carbocycles. The first-order valence-electron chi connectivity index (χ1n) is 9.01. The van der Waals surface area contributed by atoms with Crippen molar-refractivity contribution in [1.29, 1.82) is 0 Å². The summed E-state index contributed by atoms with van der Waals surface area (Å²) in [6.45, 7) is 1.81. The van der Waals surface area contributed by atoms with Crippen LogP contribution in [-0.4, -0.2) is 21.9 Å². The Morgan fingerprint density at radius 2 is 1.81 bits per heavy atom. The summed E-state index contributed by atoms with van der Waals surface area (Å²) in [6.07, 6.45) is 5.95. The minimum Gasteiger partial charge on any atom is -0.431 e. The van der Waals surface area contributed by atoms with Crippen molar-refractivity contribution in [3.05, 3.63) is 66.2 Å². The normalized spacial score (nSPS) is 14.5. The predicted molar refractivity (Wildman–Crippen MR) is 100.0 cm³/mol. The Kier molecular flexibility index (Phi) is 4.52. The van der Waals surface area contributed by atoms with Gasteiger partial charge in [0.2, 0.25) is 11.7 Å². The number of hydrogen-bond donors (Lipinski definition) is 0. The molecule has 1 aliphatic carbocycles. The largest absolute Gasteiger partial charge is 0.431 e. The molecule has 5 heteroatoms. The molecule has 1 aromatic carbocycles. The molecule has 0 bridgehead atoms. The summed E-state index contributed by atoms with van der Waals surface area (Å²) in [5.74, 6) is 1.27. The molecule has 3 aromatic rings. The Balaban J connectivity index is 1.71. The van der Waals surface area contributed by atoms with Crippen molar-refractivity contribution in [1.82, 2.24) is 9.97 Å². The monoisotopic (exact) mass is 347 g/mol. The molecule has 0 aliphatic heterocycles. The molecule has 4 rings (SSSR count). The van der Waals surface area contributed by atoms with Crippen LogP contribution in [0.1, 0.15) is 41.9 Å². The molecule has 0 radical (unpaired) electrons. The minimum absolute atomic E-state index is 0.155. The van der Waals surface area contributed by atoms with Crippen molar-refractivity contribution in [2.45, 2.75) is 38.6 Å².